The Morgan fingerprint density at radius 1 is 1.24 bits per heavy atom. The number of H-pyrrole nitrogens is 1. The molecule has 2 N–H and O–H groups in total. The minimum Gasteiger partial charge on any atom is -0.314 e. The Hall–Kier alpha value is -1.40. The summed E-state index contributed by atoms with van der Waals surface area (Å²) in [6.07, 6.45) is 1.63. The number of nitrogens with zero attached hydrogens (tertiary/aromatic N) is 2. The smallest absolute Gasteiger partial charge is 0.314 e. The van der Waals surface area contributed by atoms with Crippen LogP contribution in [0.1, 0.15) is 5.56 Å². The van der Waals surface area contributed by atoms with Gasteiger partial charge in [0.05, 0.1) is 0 Å². The molecule has 6 heteroatoms. The van der Waals surface area contributed by atoms with Gasteiger partial charge in [0.15, 0.2) is 0 Å². The normalized spacial score (nSPS) is 17.2. The molecule has 1 saturated heterocycles. The first-order chi connectivity index (χ1) is 8.16. The van der Waals surface area contributed by atoms with Crippen molar-refractivity contribution < 1.29 is 0 Å². The number of hydrogen-bond donors (Lipinski definition) is 2. The molecule has 0 unspecified atom stereocenters. The Bertz CT molecular complexity index is 485. The van der Waals surface area contributed by atoms with Gasteiger partial charge in [-0.15, -0.1) is 0 Å². The molecule has 1 aromatic rings. The van der Waals surface area contributed by atoms with E-state index in [1.165, 1.54) is 0 Å². The lowest BCUT2D eigenvalue weighted by Crippen LogP contribution is -2.45. The van der Waals surface area contributed by atoms with E-state index in [1.807, 2.05) is 0 Å². The summed E-state index contributed by atoms with van der Waals surface area (Å²) in [7, 11) is 0. The number of hydrogen-bond acceptors (Lipinski definition) is 4. The predicted molar refractivity (Wildman–Crippen MR) is 65.4 cm³/mol. The molecule has 6 nitrogen and oxygen atoms in total. The van der Waals surface area contributed by atoms with Crippen LogP contribution in [0, 0.1) is 6.92 Å². The topological polar surface area (TPSA) is 70.1 Å². The summed E-state index contributed by atoms with van der Waals surface area (Å²) in [5, 5.41) is 3.28. The van der Waals surface area contributed by atoms with Crippen molar-refractivity contribution in [3.63, 3.8) is 0 Å². The third-order valence-electron chi connectivity index (χ3n) is 3.06. The van der Waals surface area contributed by atoms with Crippen molar-refractivity contribution in [1.82, 2.24) is 19.8 Å². The lowest BCUT2D eigenvalue weighted by atomic mass is 10.3. The second-order valence-electron chi connectivity index (χ2n) is 4.36. The number of piperazine rings is 1. The summed E-state index contributed by atoms with van der Waals surface area (Å²) in [6.45, 7) is 7.19. The van der Waals surface area contributed by atoms with E-state index in [0.29, 0.717) is 12.1 Å². The lowest BCUT2D eigenvalue weighted by molar-refractivity contribution is 0.231. The molecule has 1 aliphatic rings. The molecule has 2 heterocycles. The van der Waals surface area contributed by atoms with E-state index < -0.39 is 0 Å². The molecule has 17 heavy (non-hydrogen) atoms. The van der Waals surface area contributed by atoms with Gasteiger partial charge in [-0.1, -0.05) is 0 Å². The van der Waals surface area contributed by atoms with Crippen LogP contribution in [-0.4, -0.2) is 47.2 Å². The van der Waals surface area contributed by atoms with Gasteiger partial charge in [0.25, 0.3) is 5.56 Å². The molecule has 0 saturated carbocycles. The van der Waals surface area contributed by atoms with Crippen molar-refractivity contribution >= 4 is 0 Å². The Balaban J connectivity index is 2.01. The molecule has 1 aliphatic heterocycles. The summed E-state index contributed by atoms with van der Waals surface area (Å²) < 4.78 is 1.57. The van der Waals surface area contributed by atoms with E-state index >= 15 is 0 Å². The van der Waals surface area contributed by atoms with Crippen molar-refractivity contribution in [3.05, 3.63) is 32.6 Å². The van der Waals surface area contributed by atoms with E-state index in [4.69, 9.17) is 0 Å². The van der Waals surface area contributed by atoms with Crippen molar-refractivity contribution in [3.8, 4) is 0 Å². The highest BCUT2D eigenvalue weighted by atomic mass is 16.2. The van der Waals surface area contributed by atoms with Crippen LogP contribution >= 0.6 is 0 Å². The first-order valence-corrected chi connectivity index (χ1v) is 5.90. The van der Waals surface area contributed by atoms with Crippen LogP contribution < -0.4 is 16.6 Å². The van der Waals surface area contributed by atoms with Crippen molar-refractivity contribution in [2.24, 2.45) is 0 Å². The number of aryl methyl sites for hydroxylation is 1. The second-order valence-corrected chi connectivity index (χ2v) is 4.36. The van der Waals surface area contributed by atoms with Crippen LogP contribution in [0.15, 0.2) is 15.8 Å². The van der Waals surface area contributed by atoms with E-state index in [-0.39, 0.29) is 11.2 Å². The van der Waals surface area contributed by atoms with Crippen molar-refractivity contribution in [2.45, 2.75) is 13.5 Å². The molecule has 2 rings (SSSR count). The average molecular weight is 238 g/mol. The number of aromatic nitrogens is 2. The predicted octanol–water partition coefficient (Wildman–Crippen LogP) is -1.25. The van der Waals surface area contributed by atoms with Gasteiger partial charge in [-0.3, -0.25) is 19.2 Å². The highest BCUT2D eigenvalue weighted by molar-refractivity contribution is 5.00. The van der Waals surface area contributed by atoms with Gasteiger partial charge in [0.2, 0.25) is 0 Å². The van der Waals surface area contributed by atoms with Gasteiger partial charge in [-0.25, -0.2) is 4.79 Å². The van der Waals surface area contributed by atoms with Crippen LogP contribution in [0.3, 0.4) is 0 Å². The summed E-state index contributed by atoms with van der Waals surface area (Å²) in [5.74, 6) is 0. The fourth-order valence-electron chi connectivity index (χ4n) is 1.97. The van der Waals surface area contributed by atoms with Crippen molar-refractivity contribution in [2.75, 3.05) is 32.7 Å². The molecule has 0 amide bonds. The van der Waals surface area contributed by atoms with E-state index in [9.17, 15) is 9.59 Å². The first-order valence-electron chi connectivity index (χ1n) is 5.90. The first kappa shape index (κ1) is 12.1. The zero-order chi connectivity index (χ0) is 12.3. The molecular weight excluding hydrogens is 220 g/mol. The minimum atomic E-state index is -0.323. The molecule has 0 atom stereocenters. The zero-order valence-corrected chi connectivity index (χ0v) is 10.0. The van der Waals surface area contributed by atoms with Gasteiger partial charge < -0.3 is 5.32 Å². The summed E-state index contributed by atoms with van der Waals surface area (Å²) in [5.41, 5.74) is -0.0472. The van der Waals surface area contributed by atoms with Crippen LogP contribution in [0.4, 0.5) is 0 Å². The maximum absolute atomic E-state index is 11.5. The van der Waals surface area contributed by atoms with E-state index in [2.05, 4.69) is 15.2 Å². The molecule has 0 aliphatic carbocycles. The van der Waals surface area contributed by atoms with Crippen LogP contribution in [-0.2, 0) is 6.54 Å². The van der Waals surface area contributed by atoms with Crippen LogP contribution in [0.2, 0.25) is 0 Å². The molecular formula is C11H18N4O2. The van der Waals surface area contributed by atoms with Gasteiger partial charge in [0.1, 0.15) is 0 Å². The Kier molecular flexibility index (Phi) is 3.75. The summed E-state index contributed by atoms with van der Waals surface area (Å²) in [6, 6.07) is 0. The average Bonchev–Trinajstić information content (AvgIpc) is 2.33. The molecule has 0 aromatic carbocycles. The highest BCUT2D eigenvalue weighted by Crippen LogP contribution is 1.93. The van der Waals surface area contributed by atoms with Crippen molar-refractivity contribution in [1.29, 1.82) is 0 Å². The quantitative estimate of drug-likeness (QED) is 0.690. The SMILES string of the molecule is Cc1cn(CCN2CCNCC2)c(=O)[nH]c1=O. The lowest BCUT2D eigenvalue weighted by Gasteiger charge is -2.27. The maximum atomic E-state index is 11.5. The summed E-state index contributed by atoms with van der Waals surface area (Å²) >= 11 is 0. The van der Waals surface area contributed by atoms with Crippen LogP contribution in [0.25, 0.3) is 0 Å². The molecule has 0 radical (unpaired) electrons. The highest BCUT2D eigenvalue weighted by Gasteiger charge is 2.09. The maximum Gasteiger partial charge on any atom is 0.328 e. The van der Waals surface area contributed by atoms with Crippen LogP contribution in [0.5, 0.6) is 0 Å². The molecule has 1 fully saturated rings. The number of aromatic amines is 1. The third-order valence-corrected chi connectivity index (χ3v) is 3.06. The zero-order valence-electron chi connectivity index (χ0n) is 10.0. The van der Waals surface area contributed by atoms with Gasteiger partial charge in [-0.2, -0.15) is 0 Å². The molecule has 0 bridgehead atoms. The molecule has 94 valence electrons. The second kappa shape index (κ2) is 5.29. The molecule has 1 aromatic heterocycles. The number of rotatable bonds is 3. The standard InChI is InChI=1S/C11H18N4O2/c1-9-8-15(11(17)13-10(9)16)7-6-14-4-2-12-3-5-14/h8,12H,2-7H2,1H3,(H,13,16,17). The largest absolute Gasteiger partial charge is 0.328 e. The Morgan fingerprint density at radius 3 is 2.65 bits per heavy atom. The van der Waals surface area contributed by atoms with E-state index in [1.54, 1.807) is 17.7 Å². The monoisotopic (exact) mass is 238 g/mol. The molecule has 0 spiro atoms. The Labute approximate surface area is 99.3 Å². The fraction of sp³-hybridized carbons (Fsp3) is 0.636. The number of nitrogens with one attached hydrogen (secondary N) is 2. The summed E-state index contributed by atoms with van der Waals surface area (Å²) in [4.78, 5) is 27.4. The van der Waals surface area contributed by atoms with Gasteiger partial charge in [0, 0.05) is 51.0 Å². The fourth-order valence-corrected chi connectivity index (χ4v) is 1.97. The van der Waals surface area contributed by atoms with Gasteiger partial charge in [-0.05, 0) is 6.92 Å². The van der Waals surface area contributed by atoms with Gasteiger partial charge >= 0.3 is 5.69 Å². The van der Waals surface area contributed by atoms with E-state index in [0.717, 1.165) is 32.7 Å². The third kappa shape index (κ3) is 3.04. The minimum absolute atomic E-state index is 0.298. The Morgan fingerprint density at radius 2 is 1.94 bits per heavy atom.